The Kier molecular flexibility index (Phi) is 4.83. The van der Waals surface area contributed by atoms with Crippen LogP contribution in [0.2, 0.25) is 0 Å². The highest BCUT2D eigenvalue weighted by molar-refractivity contribution is 6.14. The summed E-state index contributed by atoms with van der Waals surface area (Å²) in [5.41, 5.74) is 2.38. The first-order chi connectivity index (χ1) is 13.2. The van der Waals surface area contributed by atoms with Gasteiger partial charge in [-0.15, -0.1) is 0 Å². The second-order valence-electron chi connectivity index (χ2n) is 6.73. The number of carbonyl (C=O) groups is 2. The summed E-state index contributed by atoms with van der Waals surface area (Å²) in [7, 11) is 0. The van der Waals surface area contributed by atoms with Crippen LogP contribution in [0.15, 0.2) is 60.8 Å². The van der Waals surface area contributed by atoms with E-state index in [1.807, 2.05) is 41.3 Å². The number of rotatable bonds is 3. The van der Waals surface area contributed by atoms with Crippen molar-refractivity contribution in [3.63, 3.8) is 0 Å². The molecule has 27 heavy (non-hydrogen) atoms. The minimum absolute atomic E-state index is 0.0230. The maximum absolute atomic E-state index is 12.9. The highest BCUT2D eigenvalue weighted by Crippen LogP contribution is 2.22. The average molecular weight is 359 g/mol. The molecule has 2 amide bonds. The van der Waals surface area contributed by atoms with Crippen LogP contribution in [-0.2, 0) is 0 Å². The number of piperidine rings is 1. The molecule has 0 radical (unpaired) electrons. The smallest absolute Gasteiger partial charge is 0.256 e. The van der Waals surface area contributed by atoms with Crippen molar-refractivity contribution in [3.8, 4) is 0 Å². The lowest BCUT2D eigenvalue weighted by molar-refractivity contribution is 0.0725. The number of anilines is 1. The first kappa shape index (κ1) is 17.2. The average Bonchev–Trinajstić information content (AvgIpc) is 2.74. The summed E-state index contributed by atoms with van der Waals surface area (Å²) >= 11 is 0. The van der Waals surface area contributed by atoms with Gasteiger partial charge in [0.05, 0.1) is 16.8 Å². The van der Waals surface area contributed by atoms with Gasteiger partial charge in [0.15, 0.2) is 0 Å². The topological polar surface area (TPSA) is 62.3 Å². The van der Waals surface area contributed by atoms with Crippen LogP contribution < -0.4 is 5.32 Å². The Bertz CT molecular complexity index is 988. The summed E-state index contributed by atoms with van der Waals surface area (Å²) in [6.07, 6.45) is 4.93. The summed E-state index contributed by atoms with van der Waals surface area (Å²) in [6, 6.07) is 16.4. The number of fused-ring (bicyclic) bond motifs is 1. The van der Waals surface area contributed by atoms with Crippen molar-refractivity contribution in [2.24, 2.45) is 0 Å². The molecular weight excluding hydrogens is 338 g/mol. The molecule has 1 N–H and O–H groups in total. The zero-order valence-electron chi connectivity index (χ0n) is 15.0. The minimum atomic E-state index is -0.243. The van der Waals surface area contributed by atoms with Gasteiger partial charge in [-0.05, 0) is 49.6 Å². The molecule has 2 heterocycles. The highest BCUT2D eigenvalue weighted by atomic mass is 16.2. The normalized spacial score (nSPS) is 14.1. The van der Waals surface area contributed by atoms with E-state index in [-0.39, 0.29) is 11.8 Å². The van der Waals surface area contributed by atoms with Gasteiger partial charge in [-0.1, -0.05) is 24.3 Å². The molecule has 3 aromatic rings. The van der Waals surface area contributed by atoms with Crippen molar-refractivity contribution < 1.29 is 9.59 Å². The molecule has 0 bridgehead atoms. The molecule has 0 unspecified atom stereocenters. The van der Waals surface area contributed by atoms with Gasteiger partial charge >= 0.3 is 0 Å². The number of hydrogen-bond donors (Lipinski definition) is 1. The fourth-order valence-corrected chi connectivity index (χ4v) is 3.54. The molecule has 5 heteroatoms. The van der Waals surface area contributed by atoms with Crippen LogP contribution in [-0.4, -0.2) is 34.8 Å². The van der Waals surface area contributed by atoms with Crippen LogP contribution in [0.5, 0.6) is 0 Å². The lowest BCUT2D eigenvalue weighted by atomic mass is 10.1. The molecule has 1 aliphatic heterocycles. The molecule has 0 saturated carbocycles. The van der Waals surface area contributed by atoms with Gasteiger partial charge < -0.3 is 10.2 Å². The summed E-state index contributed by atoms with van der Waals surface area (Å²) in [6.45, 7) is 1.55. The van der Waals surface area contributed by atoms with E-state index >= 15 is 0 Å². The van der Waals surface area contributed by atoms with Gasteiger partial charge in [0.25, 0.3) is 11.8 Å². The monoisotopic (exact) mass is 359 g/mol. The number of carbonyl (C=O) groups excluding carboxylic acids is 2. The van der Waals surface area contributed by atoms with Gasteiger partial charge in [-0.3, -0.25) is 14.6 Å². The minimum Gasteiger partial charge on any atom is -0.339 e. The molecule has 136 valence electrons. The van der Waals surface area contributed by atoms with E-state index in [0.717, 1.165) is 43.3 Å². The molecule has 4 rings (SSSR count). The van der Waals surface area contributed by atoms with Crippen molar-refractivity contribution in [1.29, 1.82) is 0 Å². The van der Waals surface area contributed by atoms with Crippen LogP contribution in [0.4, 0.5) is 5.69 Å². The number of benzene rings is 2. The zero-order chi connectivity index (χ0) is 18.6. The van der Waals surface area contributed by atoms with Gasteiger partial charge in [0.1, 0.15) is 0 Å². The predicted octanol–water partition coefficient (Wildman–Crippen LogP) is 4.11. The molecule has 0 atom stereocenters. The van der Waals surface area contributed by atoms with E-state index in [4.69, 9.17) is 0 Å². The summed E-state index contributed by atoms with van der Waals surface area (Å²) < 4.78 is 0. The number of likely N-dealkylation sites (tertiary alicyclic amines) is 1. The third kappa shape index (κ3) is 3.53. The molecule has 0 aliphatic carbocycles. The fourth-order valence-electron chi connectivity index (χ4n) is 3.54. The SMILES string of the molecule is O=C(Nc1ccccc1C(=O)N1CCCCC1)c1cccc2ncccc12. The number of hydrogen-bond acceptors (Lipinski definition) is 3. The second kappa shape index (κ2) is 7.58. The van der Waals surface area contributed by atoms with E-state index in [9.17, 15) is 9.59 Å². The van der Waals surface area contributed by atoms with Crippen molar-refractivity contribution >= 4 is 28.4 Å². The Morgan fingerprint density at radius 3 is 2.48 bits per heavy atom. The number of amides is 2. The Morgan fingerprint density at radius 1 is 0.852 bits per heavy atom. The van der Waals surface area contributed by atoms with Crippen molar-refractivity contribution in [2.75, 3.05) is 18.4 Å². The van der Waals surface area contributed by atoms with Gasteiger partial charge in [0.2, 0.25) is 0 Å². The molecular formula is C22H21N3O2. The van der Waals surface area contributed by atoms with Gasteiger partial charge in [-0.2, -0.15) is 0 Å². The quantitative estimate of drug-likeness (QED) is 0.765. The molecule has 1 fully saturated rings. The predicted molar refractivity (Wildman–Crippen MR) is 106 cm³/mol. The zero-order valence-corrected chi connectivity index (χ0v) is 15.0. The largest absolute Gasteiger partial charge is 0.339 e. The number of nitrogens with one attached hydrogen (secondary N) is 1. The Morgan fingerprint density at radius 2 is 1.63 bits per heavy atom. The number of aromatic nitrogens is 1. The first-order valence-electron chi connectivity index (χ1n) is 9.27. The van der Waals surface area contributed by atoms with Gasteiger partial charge in [0, 0.05) is 30.2 Å². The third-order valence-corrected chi connectivity index (χ3v) is 4.94. The van der Waals surface area contributed by atoms with E-state index in [1.165, 1.54) is 0 Å². The van der Waals surface area contributed by atoms with E-state index in [1.54, 1.807) is 24.4 Å². The molecule has 2 aromatic carbocycles. The van der Waals surface area contributed by atoms with Crippen molar-refractivity contribution in [2.45, 2.75) is 19.3 Å². The third-order valence-electron chi connectivity index (χ3n) is 4.94. The number of nitrogens with zero attached hydrogens (tertiary/aromatic N) is 2. The second-order valence-corrected chi connectivity index (χ2v) is 6.73. The van der Waals surface area contributed by atoms with E-state index < -0.39 is 0 Å². The summed E-state index contributed by atoms with van der Waals surface area (Å²) in [4.78, 5) is 32.0. The van der Waals surface area contributed by atoms with Crippen LogP contribution in [0, 0.1) is 0 Å². The van der Waals surface area contributed by atoms with Crippen LogP contribution in [0.3, 0.4) is 0 Å². The Balaban J connectivity index is 1.63. The lowest BCUT2D eigenvalue weighted by Gasteiger charge is -2.27. The van der Waals surface area contributed by atoms with Crippen LogP contribution in [0.1, 0.15) is 40.0 Å². The van der Waals surface area contributed by atoms with Crippen molar-refractivity contribution in [1.82, 2.24) is 9.88 Å². The molecule has 1 aliphatic rings. The van der Waals surface area contributed by atoms with E-state index in [0.29, 0.717) is 16.8 Å². The maximum atomic E-state index is 12.9. The van der Waals surface area contributed by atoms with Crippen LogP contribution >= 0.6 is 0 Å². The molecule has 0 spiro atoms. The molecule has 5 nitrogen and oxygen atoms in total. The highest BCUT2D eigenvalue weighted by Gasteiger charge is 2.21. The van der Waals surface area contributed by atoms with Crippen molar-refractivity contribution in [3.05, 3.63) is 71.9 Å². The number of pyridine rings is 1. The Labute approximate surface area is 158 Å². The fraction of sp³-hybridized carbons (Fsp3) is 0.227. The lowest BCUT2D eigenvalue weighted by Crippen LogP contribution is -2.36. The summed E-state index contributed by atoms with van der Waals surface area (Å²) in [5, 5.41) is 3.71. The van der Waals surface area contributed by atoms with Crippen LogP contribution in [0.25, 0.3) is 10.9 Å². The molecule has 1 aromatic heterocycles. The standard InChI is InChI=1S/C22H21N3O2/c26-21(17-9-6-12-19-16(17)10-7-13-23-19)24-20-11-3-2-8-18(20)22(27)25-14-4-1-5-15-25/h2-3,6-13H,1,4-5,14-15H2,(H,24,26). The van der Waals surface area contributed by atoms with Gasteiger partial charge in [-0.25, -0.2) is 0 Å². The first-order valence-corrected chi connectivity index (χ1v) is 9.27. The maximum Gasteiger partial charge on any atom is 0.256 e. The number of para-hydroxylation sites is 1. The Hall–Kier alpha value is -3.21. The summed E-state index contributed by atoms with van der Waals surface area (Å²) in [5.74, 6) is -0.266. The molecule has 1 saturated heterocycles. The van der Waals surface area contributed by atoms with E-state index in [2.05, 4.69) is 10.3 Å².